The zero-order chi connectivity index (χ0) is 16.4. The van der Waals surface area contributed by atoms with Crippen LogP contribution in [0.1, 0.15) is 36.7 Å². The molecule has 1 N–H and O–H groups in total. The molecular weight excluding hydrogens is 309 g/mol. The second kappa shape index (κ2) is 6.39. The molecule has 1 amide bonds. The SMILES string of the molecule is O=C(Cc1cc(F)c(F)cc1F)N1CCCC[C@@H]1c1ncn[nH]1. The summed E-state index contributed by atoms with van der Waals surface area (Å²) in [6.07, 6.45) is 3.53. The van der Waals surface area contributed by atoms with Gasteiger partial charge in [-0.2, -0.15) is 5.10 Å². The molecule has 2 heterocycles. The van der Waals surface area contributed by atoms with E-state index in [1.54, 1.807) is 4.90 Å². The Labute approximate surface area is 130 Å². The highest BCUT2D eigenvalue weighted by atomic mass is 19.2. The van der Waals surface area contributed by atoms with Crippen LogP contribution in [0.2, 0.25) is 0 Å². The van der Waals surface area contributed by atoms with Gasteiger partial charge >= 0.3 is 0 Å². The molecule has 0 spiro atoms. The van der Waals surface area contributed by atoms with Gasteiger partial charge in [-0.15, -0.1) is 0 Å². The van der Waals surface area contributed by atoms with Gasteiger partial charge in [-0.25, -0.2) is 18.2 Å². The number of halogens is 3. The topological polar surface area (TPSA) is 61.9 Å². The van der Waals surface area contributed by atoms with Crippen LogP contribution in [-0.4, -0.2) is 32.5 Å². The minimum absolute atomic E-state index is 0.157. The lowest BCUT2D eigenvalue weighted by Gasteiger charge is -2.34. The number of carbonyl (C=O) groups excluding carboxylic acids is 1. The molecule has 0 aliphatic carbocycles. The van der Waals surface area contributed by atoms with Crippen LogP contribution < -0.4 is 0 Å². The molecular formula is C15H15F3N4O. The van der Waals surface area contributed by atoms with E-state index in [1.165, 1.54) is 6.33 Å². The van der Waals surface area contributed by atoms with Gasteiger partial charge in [0.05, 0.1) is 12.5 Å². The highest BCUT2D eigenvalue weighted by Gasteiger charge is 2.30. The van der Waals surface area contributed by atoms with E-state index in [0.29, 0.717) is 18.4 Å². The van der Waals surface area contributed by atoms with Crippen molar-refractivity contribution in [3.8, 4) is 0 Å². The molecule has 1 aliphatic heterocycles. The first kappa shape index (κ1) is 15.5. The van der Waals surface area contributed by atoms with E-state index in [-0.39, 0.29) is 23.9 Å². The fourth-order valence-electron chi connectivity index (χ4n) is 2.85. The van der Waals surface area contributed by atoms with E-state index in [1.807, 2.05) is 0 Å². The molecule has 0 unspecified atom stereocenters. The molecule has 1 saturated heterocycles. The number of rotatable bonds is 3. The van der Waals surface area contributed by atoms with Crippen LogP contribution in [0.3, 0.4) is 0 Å². The number of nitrogens with one attached hydrogen (secondary N) is 1. The monoisotopic (exact) mass is 324 g/mol. The molecule has 23 heavy (non-hydrogen) atoms. The number of hydrogen-bond acceptors (Lipinski definition) is 3. The fraction of sp³-hybridized carbons (Fsp3) is 0.400. The first-order valence-corrected chi connectivity index (χ1v) is 7.34. The maximum atomic E-state index is 13.7. The molecule has 2 aromatic rings. The normalized spacial score (nSPS) is 18.2. The van der Waals surface area contributed by atoms with Crippen LogP contribution in [0.5, 0.6) is 0 Å². The van der Waals surface area contributed by atoms with E-state index < -0.39 is 17.5 Å². The molecule has 0 radical (unpaired) electrons. The van der Waals surface area contributed by atoms with Crippen molar-refractivity contribution < 1.29 is 18.0 Å². The van der Waals surface area contributed by atoms with Gasteiger partial charge in [0, 0.05) is 18.2 Å². The largest absolute Gasteiger partial charge is 0.332 e. The van der Waals surface area contributed by atoms with E-state index in [0.717, 1.165) is 25.3 Å². The van der Waals surface area contributed by atoms with Crippen molar-refractivity contribution in [3.05, 3.63) is 47.3 Å². The Balaban J connectivity index is 1.80. The van der Waals surface area contributed by atoms with E-state index in [2.05, 4.69) is 15.2 Å². The summed E-state index contributed by atoms with van der Waals surface area (Å²) in [5.41, 5.74) is -0.157. The Morgan fingerprint density at radius 1 is 1.22 bits per heavy atom. The fourth-order valence-corrected chi connectivity index (χ4v) is 2.85. The van der Waals surface area contributed by atoms with Gasteiger partial charge in [0.2, 0.25) is 5.91 Å². The number of aromatic nitrogens is 3. The summed E-state index contributed by atoms with van der Waals surface area (Å²) in [5, 5.41) is 6.53. The zero-order valence-corrected chi connectivity index (χ0v) is 12.2. The highest BCUT2D eigenvalue weighted by molar-refractivity contribution is 5.79. The third-order valence-corrected chi connectivity index (χ3v) is 4.00. The van der Waals surface area contributed by atoms with Crippen molar-refractivity contribution in [3.63, 3.8) is 0 Å². The number of piperidine rings is 1. The summed E-state index contributed by atoms with van der Waals surface area (Å²) in [7, 11) is 0. The standard InChI is InChI=1S/C15H15F3N4O/c16-10-7-12(18)11(17)5-9(10)6-14(23)22-4-2-1-3-13(22)15-19-8-20-21-15/h5,7-8,13H,1-4,6H2,(H,19,20,21)/t13-/m1/s1. The van der Waals surface area contributed by atoms with Gasteiger partial charge in [0.25, 0.3) is 0 Å². The van der Waals surface area contributed by atoms with Crippen LogP contribution in [0.4, 0.5) is 13.2 Å². The van der Waals surface area contributed by atoms with Gasteiger partial charge in [-0.3, -0.25) is 9.89 Å². The Hall–Kier alpha value is -2.38. The summed E-state index contributed by atoms with van der Waals surface area (Å²) >= 11 is 0. The Bertz CT molecular complexity index is 705. The van der Waals surface area contributed by atoms with Crippen molar-refractivity contribution >= 4 is 5.91 Å². The quantitative estimate of drug-likeness (QED) is 0.883. The number of H-pyrrole nitrogens is 1. The van der Waals surface area contributed by atoms with Gasteiger partial charge in [0.15, 0.2) is 11.6 Å². The lowest BCUT2D eigenvalue weighted by atomic mass is 10.00. The molecule has 1 aliphatic rings. The molecule has 1 aromatic heterocycles. The van der Waals surface area contributed by atoms with Gasteiger partial charge < -0.3 is 4.90 Å². The summed E-state index contributed by atoms with van der Waals surface area (Å²) in [4.78, 5) is 18.2. The minimum atomic E-state index is -1.27. The van der Waals surface area contributed by atoms with Crippen molar-refractivity contribution in [1.29, 1.82) is 0 Å². The average Bonchev–Trinajstić information content (AvgIpc) is 3.07. The summed E-state index contributed by atoms with van der Waals surface area (Å²) in [6, 6.07) is 0.935. The van der Waals surface area contributed by atoms with E-state index in [9.17, 15) is 18.0 Å². The molecule has 122 valence electrons. The predicted octanol–water partition coefficient (Wildman–Crippen LogP) is 2.52. The molecule has 8 heteroatoms. The highest BCUT2D eigenvalue weighted by Crippen LogP contribution is 2.29. The van der Waals surface area contributed by atoms with Gasteiger partial charge in [-0.05, 0) is 25.3 Å². The average molecular weight is 324 g/mol. The third kappa shape index (κ3) is 3.20. The lowest BCUT2D eigenvalue weighted by molar-refractivity contribution is -0.134. The smallest absolute Gasteiger partial charge is 0.227 e. The lowest BCUT2D eigenvalue weighted by Crippen LogP contribution is -2.40. The molecule has 5 nitrogen and oxygen atoms in total. The number of amides is 1. The van der Waals surface area contributed by atoms with Crippen LogP contribution in [0, 0.1) is 17.5 Å². The maximum absolute atomic E-state index is 13.7. The van der Waals surface area contributed by atoms with Crippen LogP contribution in [0.25, 0.3) is 0 Å². The molecule has 3 rings (SSSR count). The van der Waals surface area contributed by atoms with Gasteiger partial charge in [-0.1, -0.05) is 0 Å². The Kier molecular flexibility index (Phi) is 4.31. The van der Waals surface area contributed by atoms with Gasteiger partial charge in [0.1, 0.15) is 18.0 Å². The van der Waals surface area contributed by atoms with Crippen LogP contribution >= 0.6 is 0 Å². The molecule has 0 saturated carbocycles. The van der Waals surface area contributed by atoms with Crippen molar-refractivity contribution in [2.75, 3.05) is 6.54 Å². The number of carbonyl (C=O) groups is 1. The molecule has 1 aromatic carbocycles. The number of aromatic amines is 1. The summed E-state index contributed by atoms with van der Waals surface area (Å²) in [5.74, 6) is -3.14. The Morgan fingerprint density at radius 2 is 2.00 bits per heavy atom. The number of nitrogens with zero attached hydrogens (tertiary/aromatic N) is 3. The van der Waals surface area contributed by atoms with E-state index >= 15 is 0 Å². The predicted molar refractivity (Wildman–Crippen MR) is 74.7 cm³/mol. The van der Waals surface area contributed by atoms with Crippen molar-refractivity contribution in [2.45, 2.75) is 31.7 Å². The van der Waals surface area contributed by atoms with Crippen molar-refractivity contribution in [2.24, 2.45) is 0 Å². The molecule has 1 atom stereocenters. The van der Waals surface area contributed by atoms with Crippen molar-refractivity contribution in [1.82, 2.24) is 20.1 Å². The second-order valence-electron chi connectivity index (χ2n) is 5.50. The zero-order valence-electron chi connectivity index (χ0n) is 12.2. The number of likely N-dealkylation sites (tertiary alicyclic amines) is 1. The van der Waals surface area contributed by atoms with Crippen LogP contribution in [-0.2, 0) is 11.2 Å². The Morgan fingerprint density at radius 3 is 2.74 bits per heavy atom. The summed E-state index contributed by atoms with van der Waals surface area (Å²) in [6.45, 7) is 0.509. The number of benzene rings is 1. The first-order chi connectivity index (χ1) is 11.1. The maximum Gasteiger partial charge on any atom is 0.227 e. The number of hydrogen-bond donors (Lipinski definition) is 1. The molecule has 0 bridgehead atoms. The second-order valence-corrected chi connectivity index (χ2v) is 5.50. The van der Waals surface area contributed by atoms with E-state index in [4.69, 9.17) is 0 Å². The van der Waals surface area contributed by atoms with Crippen LogP contribution in [0.15, 0.2) is 18.5 Å². The minimum Gasteiger partial charge on any atom is -0.332 e. The summed E-state index contributed by atoms with van der Waals surface area (Å²) < 4.78 is 40.0. The molecule has 1 fully saturated rings. The third-order valence-electron chi connectivity index (χ3n) is 4.00. The first-order valence-electron chi connectivity index (χ1n) is 7.34.